The Hall–Kier alpha value is -3.60. The monoisotopic (exact) mass is 746 g/mol. The standard InChI is InChI=1S/C33H36ClF5N4O6S/c1-20-15-23(28(44)42-10-6-31(46,18-35)7-11-42)16-21(2)24(20)5-14-50(47,48)43-12-8-32(9-13-43)30(45)40-27(41-32)22-3-4-26(25(34)17-22)49-19-33(38,39)29(36)37/h3-5,14-17,29,46H,6-13,18-19H2,1-2H3,(H,40,41,45)/b14-5+. The molecule has 272 valence electrons. The summed E-state index contributed by atoms with van der Waals surface area (Å²) < 4.78 is 97.2. The zero-order chi connectivity index (χ0) is 36.6. The van der Waals surface area contributed by atoms with Crippen molar-refractivity contribution in [3.05, 3.63) is 68.6 Å². The number of nitrogens with one attached hydrogen (secondary N) is 1. The SMILES string of the molecule is Cc1cc(C(=O)N2CCC(O)(CF)CC2)cc(C)c1/C=C/S(=O)(=O)N1CCC2(CC1)N=C(c1ccc(OCC(F)(F)C(F)F)c(Cl)c1)NC2=O. The fourth-order valence-electron chi connectivity index (χ4n) is 6.15. The van der Waals surface area contributed by atoms with Crippen LogP contribution in [-0.4, -0.2) is 103 Å². The number of hydrogen-bond acceptors (Lipinski definition) is 7. The molecule has 3 aliphatic heterocycles. The van der Waals surface area contributed by atoms with Crippen molar-refractivity contribution in [2.75, 3.05) is 39.5 Å². The number of amidine groups is 1. The first-order chi connectivity index (χ1) is 23.4. The molecule has 2 fully saturated rings. The van der Waals surface area contributed by atoms with Crippen LogP contribution in [0.2, 0.25) is 5.02 Å². The molecule has 2 N–H and O–H groups in total. The largest absolute Gasteiger partial charge is 0.486 e. The summed E-state index contributed by atoms with van der Waals surface area (Å²) in [4.78, 5) is 32.3. The van der Waals surface area contributed by atoms with Crippen LogP contribution in [0.15, 0.2) is 40.7 Å². The quantitative estimate of drug-likeness (QED) is 0.334. The Morgan fingerprint density at radius 3 is 2.28 bits per heavy atom. The number of aliphatic hydroxyl groups is 1. The van der Waals surface area contributed by atoms with Crippen molar-refractivity contribution in [3.63, 3.8) is 0 Å². The number of halogens is 6. The van der Waals surface area contributed by atoms with Gasteiger partial charge in [0.25, 0.3) is 11.8 Å². The van der Waals surface area contributed by atoms with Crippen LogP contribution in [0, 0.1) is 13.8 Å². The minimum atomic E-state index is -4.37. The molecular formula is C33H36ClF5N4O6S. The third kappa shape index (κ3) is 7.82. The molecule has 0 bridgehead atoms. The highest BCUT2D eigenvalue weighted by Crippen LogP contribution is 2.35. The van der Waals surface area contributed by atoms with E-state index >= 15 is 0 Å². The van der Waals surface area contributed by atoms with Gasteiger partial charge in [-0.15, -0.1) is 0 Å². The minimum absolute atomic E-state index is 0.0124. The molecule has 50 heavy (non-hydrogen) atoms. The summed E-state index contributed by atoms with van der Waals surface area (Å²) in [5.74, 6) is -5.20. The van der Waals surface area contributed by atoms with E-state index in [2.05, 4.69) is 10.3 Å². The molecular weight excluding hydrogens is 711 g/mol. The van der Waals surface area contributed by atoms with Crippen LogP contribution in [0.25, 0.3) is 6.08 Å². The van der Waals surface area contributed by atoms with Gasteiger partial charge >= 0.3 is 12.3 Å². The number of piperidine rings is 2. The van der Waals surface area contributed by atoms with E-state index in [1.54, 1.807) is 30.9 Å². The highest BCUT2D eigenvalue weighted by molar-refractivity contribution is 7.92. The van der Waals surface area contributed by atoms with Crippen LogP contribution in [0.3, 0.4) is 0 Å². The molecule has 2 aromatic rings. The van der Waals surface area contributed by atoms with E-state index < -0.39 is 52.7 Å². The predicted molar refractivity (Wildman–Crippen MR) is 176 cm³/mol. The molecule has 3 heterocycles. The van der Waals surface area contributed by atoms with Crippen molar-refractivity contribution in [1.82, 2.24) is 14.5 Å². The zero-order valence-electron chi connectivity index (χ0n) is 27.2. The summed E-state index contributed by atoms with van der Waals surface area (Å²) in [6.07, 6.45) is -2.03. The number of rotatable bonds is 10. The molecule has 0 aromatic heterocycles. The van der Waals surface area contributed by atoms with Crippen LogP contribution >= 0.6 is 11.6 Å². The minimum Gasteiger partial charge on any atom is -0.486 e. The molecule has 10 nitrogen and oxygen atoms in total. The number of nitrogens with zero attached hydrogens (tertiary/aromatic N) is 3. The molecule has 2 aromatic carbocycles. The van der Waals surface area contributed by atoms with Gasteiger partial charge in [0.15, 0.2) is 6.61 Å². The first kappa shape index (κ1) is 37.7. The maximum atomic E-state index is 13.3. The summed E-state index contributed by atoms with van der Waals surface area (Å²) in [6.45, 7) is 1.48. The second-order valence-electron chi connectivity index (χ2n) is 12.9. The molecule has 0 aliphatic carbocycles. The van der Waals surface area contributed by atoms with Crippen LogP contribution in [0.4, 0.5) is 22.0 Å². The van der Waals surface area contributed by atoms with Crippen LogP contribution in [-0.2, 0) is 14.8 Å². The third-order valence-corrected chi connectivity index (χ3v) is 11.2. The highest BCUT2D eigenvalue weighted by atomic mass is 35.5. The van der Waals surface area contributed by atoms with E-state index in [-0.39, 0.29) is 74.4 Å². The van der Waals surface area contributed by atoms with E-state index in [1.807, 2.05) is 0 Å². The average Bonchev–Trinajstić information content (AvgIpc) is 3.38. The molecule has 17 heteroatoms. The number of alkyl halides is 5. The van der Waals surface area contributed by atoms with E-state index in [9.17, 15) is 45.1 Å². The number of carbonyl (C=O) groups is 2. The fourth-order valence-corrected chi connectivity index (χ4v) is 7.56. The van der Waals surface area contributed by atoms with Gasteiger partial charge in [-0.05, 0) is 92.6 Å². The van der Waals surface area contributed by atoms with Crippen LogP contribution in [0.5, 0.6) is 5.75 Å². The number of benzene rings is 2. The predicted octanol–water partition coefficient (Wildman–Crippen LogP) is 4.88. The lowest BCUT2D eigenvalue weighted by atomic mass is 9.89. The first-order valence-corrected chi connectivity index (χ1v) is 17.6. The molecule has 2 saturated heterocycles. The highest BCUT2D eigenvalue weighted by Gasteiger charge is 2.47. The van der Waals surface area contributed by atoms with Gasteiger partial charge in [0.05, 0.1) is 10.6 Å². The van der Waals surface area contributed by atoms with Crippen molar-refractivity contribution >= 4 is 45.4 Å². The van der Waals surface area contributed by atoms with Gasteiger partial charge in [-0.25, -0.2) is 21.6 Å². The summed E-state index contributed by atoms with van der Waals surface area (Å²) in [5.41, 5.74) is 0.0158. The maximum Gasteiger partial charge on any atom is 0.340 e. The van der Waals surface area contributed by atoms with Crippen molar-refractivity contribution in [2.45, 2.75) is 63.0 Å². The molecule has 0 radical (unpaired) electrons. The van der Waals surface area contributed by atoms with E-state index in [4.69, 9.17) is 16.3 Å². The Morgan fingerprint density at radius 2 is 1.72 bits per heavy atom. The molecule has 0 saturated carbocycles. The van der Waals surface area contributed by atoms with Gasteiger partial charge in [-0.1, -0.05) is 11.6 Å². The summed E-state index contributed by atoms with van der Waals surface area (Å²) in [5, 5.41) is 13.7. The molecule has 5 rings (SSSR count). The van der Waals surface area contributed by atoms with Crippen molar-refractivity contribution in [2.24, 2.45) is 4.99 Å². The van der Waals surface area contributed by atoms with Crippen molar-refractivity contribution in [3.8, 4) is 5.75 Å². The first-order valence-electron chi connectivity index (χ1n) is 15.8. The lowest BCUT2D eigenvalue weighted by molar-refractivity contribution is -0.148. The van der Waals surface area contributed by atoms with Gasteiger partial charge < -0.3 is 20.1 Å². The Balaban J connectivity index is 1.22. The molecule has 1 spiro atoms. The van der Waals surface area contributed by atoms with E-state index in [1.165, 1.54) is 28.6 Å². The van der Waals surface area contributed by atoms with E-state index in [0.29, 0.717) is 27.8 Å². The lowest BCUT2D eigenvalue weighted by Gasteiger charge is -2.36. The second kappa shape index (κ2) is 14.2. The van der Waals surface area contributed by atoms with Crippen LogP contribution in [0.1, 0.15) is 58.3 Å². The number of aliphatic imine (C=N–C) groups is 1. The molecule has 0 atom stereocenters. The number of carbonyl (C=O) groups excluding carboxylic acids is 2. The third-order valence-electron chi connectivity index (χ3n) is 9.31. The number of hydrogen-bond donors (Lipinski definition) is 2. The van der Waals surface area contributed by atoms with Gasteiger partial charge in [-0.2, -0.15) is 13.1 Å². The average molecular weight is 747 g/mol. The Bertz CT molecular complexity index is 1800. The maximum absolute atomic E-state index is 13.3. The number of sulfonamides is 1. The van der Waals surface area contributed by atoms with Gasteiger partial charge in [-0.3, -0.25) is 14.6 Å². The topological polar surface area (TPSA) is 129 Å². The molecule has 0 unspecified atom stereocenters. The lowest BCUT2D eigenvalue weighted by Crippen LogP contribution is -2.50. The van der Waals surface area contributed by atoms with Crippen LogP contribution < -0.4 is 10.1 Å². The summed E-state index contributed by atoms with van der Waals surface area (Å²) in [6, 6.07) is 7.18. The number of amides is 2. The van der Waals surface area contributed by atoms with Crippen molar-refractivity contribution in [1.29, 1.82) is 0 Å². The number of ether oxygens (including phenoxy) is 1. The van der Waals surface area contributed by atoms with Gasteiger partial charge in [0, 0.05) is 42.7 Å². The number of likely N-dealkylation sites (tertiary alicyclic amines) is 1. The fraction of sp³-hybridized carbons (Fsp3) is 0.485. The summed E-state index contributed by atoms with van der Waals surface area (Å²) >= 11 is 6.12. The van der Waals surface area contributed by atoms with E-state index in [0.717, 1.165) is 5.41 Å². The molecule has 3 aliphatic rings. The Kier molecular flexibility index (Phi) is 10.7. The second-order valence-corrected chi connectivity index (χ2v) is 15.1. The Labute approximate surface area is 291 Å². The molecule has 2 amide bonds. The summed E-state index contributed by atoms with van der Waals surface area (Å²) in [7, 11) is -3.92. The number of aryl methyl sites for hydroxylation is 2. The van der Waals surface area contributed by atoms with Gasteiger partial charge in [0.1, 0.15) is 23.8 Å². The van der Waals surface area contributed by atoms with Crippen molar-refractivity contribution < 1.29 is 49.8 Å². The zero-order valence-corrected chi connectivity index (χ0v) is 28.8. The smallest absolute Gasteiger partial charge is 0.340 e. The van der Waals surface area contributed by atoms with Gasteiger partial charge in [0.2, 0.25) is 10.0 Å². The normalized spacial score (nSPS) is 19.7. The Morgan fingerprint density at radius 1 is 1.10 bits per heavy atom.